The van der Waals surface area contributed by atoms with E-state index in [1.807, 2.05) is 13.8 Å². The zero-order valence-electron chi connectivity index (χ0n) is 21.3. The van der Waals surface area contributed by atoms with Gasteiger partial charge in [-0.3, -0.25) is 13.9 Å². The number of anilines is 2. The van der Waals surface area contributed by atoms with Crippen molar-refractivity contribution in [2.75, 3.05) is 16.2 Å². The van der Waals surface area contributed by atoms with Crippen LogP contribution in [0, 0.1) is 6.92 Å². The van der Waals surface area contributed by atoms with Crippen molar-refractivity contribution >= 4 is 44.8 Å². The van der Waals surface area contributed by atoms with E-state index in [0.717, 1.165) is 17.7 Å². The Hall–Kier alpha value is -3.57. The van der Waals surface area contributed by atoms with Crippen molar-refractivity contribution in [3.05, 3.63) is 88.4 Å². The van der Waals surface area contributed by atoms with E-state index >= 15 is 0 Å². The van der Waals surface area contributed by atoms with Crippen LogP contribution < -0.4 is 14.9 Å². The number of para-hydroxylation sites is 1. The van der Waals surface area contributed by atoms with Crippen LogP contribution in [0.1, 0.15) is 41.8 Å². The Morgan fingerprint density at radius 2 is 1.67 bits per heavy atom. The van der Waals surface area contributed by atoms with Crippen LogP contribution in [-0.4, -0.2) is 32.8 Å². The van der Waals surface area contributed by atoms with Gasteiger partial charge in [0.1, 0.15) is 6.54 Å². The number of aryl methyl sites for hydroxylation is 1. The third kappa shape index (κ3) is 7.30. The van der Waals surface area contributed by atoms with Crippen molar-refractivity contribution in [1.29, 1.82) is 0 Å². The number of sulfonamides is 1. The van der Waals surface area contributed by atoms with Gasteiger partial charge in [-0.25, -0.2) is 8.42 Å². The molecule has 0 saturated heterocycles. The number of nitrogens with zero attached hydrogens (tertiary/aromatic N) is 1. The van der Waals surface area contributed by atoms with Gasteiger partial charge in [-0.15, -0.1) is 0 Å². The standard InChI is InChI=1S/C27H27ClF3N3O4S/c1-4-18(3)32-26(36)21-7-5-6-8-24(21)33-25(35)16-34(39(37,38)20-12-9-17(2)10-13-20)19-11-14-23(28)22(15-19)27(29,30)31/h5-15,18H,4,16H2,1-3H3,(H,32,36)(H,33,35)/t18-/m0/s1. The van der Waals surface area contributed by atoms with E-state index in [2.05, 4.69) is 10.6 Å². The quantitative estimate of drug-likeness (QED) is 0.323. The number of hydrogen-bond acceptors (Lipinski definition) is 4. The van der Waals surface area contributed by atoms with Gasteiger partial charge in [0.15, 0.2) is 0 Å². The highest BCUT2D eigenvalue weighted by Gasteiger charge is 2.35. The van der Waals surface area contributed by atoms with Crippen molar-refractivity contribution in [3.8, 4) is 0 Å². The first-order chi connectivity index (χ1) is 18.2. The summed E-state index contributed by atoms with van der Waals surface area (Å²) >= 11 is 5.74. The number of halogens is 4. The number of nitrogens with one attached hydrogen (secondary N) is 2. The summed E-state index contributed by atoms with van der Waals surface area (Å²) in [7, 11) is -4.50. The Bertz CT molecular complexity index is 1460. The van der Waals surface area contributed by atoms with Crippen LogP contribution in [0.5, 0.6) is 0 Å². The fourth-order valence-electron chi connectivity index (χ4n) is 3.55. The van der Waals surface area contributed by atoms with Crippen LogP contribution in [0.3, 0.4) is 0 Å². The normalized spacial score (nSPS) is 12.5. The maximum Gasteiger partial charge on any atom is 0.417 e. The smallest absolute Gasteiger partial charge is 0.350 e. The minimum Gasteiger partial charge on any atom is -0.350 e. The van der Waals surface area contributed by atoms with Crippen LogP contribution in [0.25, 0.3) is 0 Å². The summed E-state index contributed by atoms with van der Waals surface area (Å²) in [5, 5.41) is 4.68. The number of carbonyl (C=O) groups excluding carboxylic acids is 2. The molecule has 208 valence electrons. The molecule has 3 rings (SSSR count). The molecule has 2 N–H and O–H groups in total. The fourth-order valence-corrected chi connectivity index (χ4v) is 5.19. The molecular formula is C27H27ClF3N3O4S. The minimum atomic E-state index is -4.86. The molecule has 0 aromatic heterocycles. The van der Waals surface area contributed by atoms with E-state index in [-0.39, 0.29) is 22.2 Å². The first-order valence-electron chi connectivity index (χ1n) is 11.9. The lowest BCUT2D eigenvalue weighted by Gasteiger charge is -2.25. The summed E-state index contributed by atoms with van der Waals surface area (Å²) in [6, 6.07) is 14.2. The van der Waals surface area contributed by atoms with E-state index in [1.54, 1.807) is 19.1 Å². The first kappa shape index (κ1) is 30.0. The molecule has 1 atom stereocenters. The Labute approximate surface area is 230 Å². The monoisotopic (exact) mass is 581 g/mol. The molecule has 39 heavy (non-hydrogen) atoms. The van der Waals surface area contributed by atoms with E-state index in [9.17, 15) is 31.2 Å². The summed E-state index contributed by atoms with van der Waals surface area (Å²) in [6.07, 6.45) is -4.19. The zero-order chi connectivity index (χ0) is 29.0. The van der Waals surface area contributed by atoms with Crippen LogP contribution >= 0.6 is 11.6 Å². The van der Waals surface area contributed by atoms with Crippen LogP contribution in [0.15, 0.2) is 71.6 Å². The molecule has 0 fully saturated rings. The Morgan fingerprint density at radius 3 is 2.28 bits per heavy atom. The molecule has 0 aliphatic heterocycles. The molecule has 0 aliphatic carbocycles. The number of rotatable bonds is 9. The molecule has 7 nitrogen and oxygen atoms in total. The van der Waals surface area contributed by atoms with Gasteiger partial charge in [-0.2, -0.15) is 13.2 Å². The molecule has 0 saturated carbocycles. The van der Waals surface area contributed by atoms with Crippen LogP contribution in [-0.2, 0) is 21.0 Å². The lowest BCUT2D eigenvalue weighted by atomic mass is 10.1. The molecule has 0 radical (unpaired) electrons. The third-order valence-corrected chi connectivity index (χ3v) is 7.99. The van der Waals surface area contributed by atoms with Crippen LogP contribution in [0.4, 0.5) is 24.5 Å². The van der Waals surface area contributed by atoms with Crippen molar-refractivity contribution in [2.45, 2.75) is 44.3 Å². The predicted octanol–water partition coefficient (Wildman–Crippen LogP) is 6.03. The van der Waals surface area contributed by atoms with Gasteiger partial charge >= 0.3 is 6.18 Å². The highest BCUT2D eigenvalue weighted by molar-refractivity contribution is 7.92. The number of alkyl halides is 3. The van der Waals surface area contributed by atoms with Gasteiger partial charge in [-0.05, 0) is 62.7 Å². The maximum absolute atomic E-state index is 13.6. The number of benzene rings is 3. The molecule has 3 aromatic rings. The molecule has 3 aromatic carbocycles. The average molecular weight is 582 g/mol. The highest BCUT2D eigenvalue weighted by Crippen LogP contribution is 2.38. The van der Waals surface area contributed by atoms with Crippen molar-refractivity contribution in [3.63, 3.8) is 0 Å². The van der Waals surface area contributed by atoms with Gasteiger partial charge in [0.2, 0.25) is 5.91 Å². The van der Waals surface area contributed by atoms with Gasteiger partial charge in [0.25, 0.3) is 15.9 Å². The largest absolute Gasteiger partial charge is 0.417 e. The van der Waals surface area contributed by atoms with Crippen molar-refractivity contribution in [2.24, 2.45) is 0 Å². The molecule has 0 spiro atoms. The van der Waals surface area contributed by atoms with Gasteiger partial charge in [-0.1, -0.05) is 48.4 Å². The highest BCUT2D eigenvalue weighted by atomic mass is 35.5. The Kier molecular flexibility index (Phi) is 9.29. The van der Waals surface area contributed by atoms with Crippen LogP contribution in [0.2, 0.25) is 5.02 Å². The molecule has 0 aliphatic rings. The van der Waals surface area contributed by atoms with Crippen molar-refractivity contribution < 1.29 is 31.2 Å². The first-order valence-corrected chi connectivity index (χ1v) is 13.7. The predicted molar refractivity (Wildman–Crippen MR) is 144 cm³/mol. The lowest BCUT2D eigenvalue weighted by molar-refractivity contribution is -0.137. The molecule has 2 amide bonds. The van der Waals surface area contributed by atoms with Crippen molar-refractivity contribution in [1.82, 2.24) is 5.32 Å². The Morgan fingerprint density at radius 1 is 1.03 bits per heavy atom. The molecule has 0 unspecified atom stereocenters. The summed E-state index contributed by atoms with van der Waals surface area (Å²) in [4.78, 5) is 25.6. The summed E-state index contributed by atoms with van der Waals surface area (Å²) < 4.78 is 68.4. The summed E-state index contributed by atoms with van der Waals surface area (Å²) in [5.74, 6) is -1.32. The number of carbonyl (C=O) groups is 2. The minimum absolute atomic E-state index is 0.114. The van der Waals surface area contributed by atoms with E-state index in [1.165, 1.54) is 36.4 Å². The summed E-state index contributed by atoms with van der Waals surface area (Å²) in [6.45, 7) is 4.57. The lowest BCUT2D eigenvalue weighted by Crippen LogP contribution is -2.39. The Balaban J connectivity index is 2.01. The van der Waals surface area contributed by atoms with E-state index in [0.29, 0.717) is 16.8 Å². The molecule has 12 heteroatoms. The topological polar surface area (TPSA) is 95.6 Å². The maximum atomic E-state index is 13.6. The SMILES string of the molecule is CC[C@H](C)NC(=O)c1ccccc1NC(=O)CN(c1ccc(Cl)c(C(F)(F)F)c1)S(=O)(=O)c1ccc(C)cc1. The molecule has 0 bridgehead atoms. The van der Waals surface area contributed by atoms with E-state index in [4.69, 9.17) is 11.6 Å². The van der Waals surface area contributed by atoms with Gasteiger partial charge in [0.05, 0.1) is 32.4 Å². The molecule has 0 heterocycles. The second-order valence-corrected chi connectivity index (χ2v) is 11.1. The second-order valence-electron chi connectivity index (χ2n) is 8.86. The van der Waals surface area contributed by atoms with Gasteiger partial charge < -0.3 is 10.6 Å². The third-order valence-electron chi connectivity index (χ3n) is 5.88. The second kappa shape index (κ2) is 12.1. The van der Waals surface area contributed by atoms with Gasteiger partial charge in [0, 0.05) is 6.04 Å². The van der Waals surface area contributed by atoms with E-state index < -0.39 is 50.8 Å². The number of amides is 2. The average Bonchev–Trinajstić information content (AvgIpc) is 2.87. The summed E-state index contributed by atoms with van der Waals surface area (Å²) in [5.41, 5.74) is -0.645. The number of hydrogen-bond donors (Lipinski definition) is 2. The molecular weight excluding hydrogens is 555 g/mol. The zero-order valence-corrected chi connectivity index (χ0v) is 22.9. The fraction of sp³-hybridized carbons (Fsp3) is 0.259.